The standard InChI is InChI=1S/C58H96O6/c1-4-7-10-13-16-19-22-25-27-29-31-33-36-39-42-45-48-51-57(60)63-54-55(53-62-56(59)50-47-44-41-38-35-32-24-21-18-15-12-9-6-3)64-58(61)52-49-46-43-40-37-34-30-28-26-23-20-17-14-11-8-5-2/h8,11,17,20,25-28,31-35,37,39,42,55H,4-7,9-10,12-16,18-19,21-24,29-30,36,38,40-41,43-54H2,1-3H3/b11-8-,20-17-,27-25-,28-26-,33-31-,35-32-,37-34-,42-39-. The molecule has 64 heavy (non-hydrogen) atoms. The third-order valence-corrected chi connectivity index (χ3v) is 10.8. The van der Waals surface area contributed by atoms with Crippen molar-refractivity contribution in [2.24, 2.45) is 0 Å². The van der Waals surface area contributed by atoms with E-state index in [-0.39, 0.29) is 44.0 Å². The summed E-state index contributed by atoms with van der Waals surface area (Å²) in [6.45, 7) is 6.42. The fourth-order valence-electron chi connectivity index (χ4n) is 6.85. The average molecular weight is 889 g/mol. The summed E-state index contributed by atoms with van der Waals surface area (Å²) in [6.07, 6.45) is 68.3. The van der Waals surface area contributed by atoms with Crippen molar-refractivity contribution >= 4 is 17.9 Å². The summed E-state index contributed by atoms with van der Waals surface area (Å²) in [6, 6.07) is 0. The summed E-state index contributed by atoms with van der Waals surface area (Å²) in [5.41, 5.74) is 0. The van der Waals surface area contributed by atoms with Crippen LogP contribution in [-0.2, 0) is 28.6 Å². The second-order valence-electron chi connectivity index (χ2n) is 17.0. The van der Waals surface area contributed by atoms with Crippen LogP contribution >= 0.6 is 0 Å². The van der Waals surface area contributed by atoms with Gasteiger partial charge >= 0.3 is 17.9 Å². The fraction of sp³-hybridized carbons (Fsp3) is 0.672. The molecule has 0 amide bonds. The van der Waals surface area contributed by atoms with Gasteiger partial charge < -0.3 is 14.2 Å². The predicted octanol–water partition coefficient (Wildman–Crippen LogP) is 17.4. The second kappa shape index (κ2) is 52.0. The smallest absolute Gasteiger partial charge is 0.306 e. The lowest BCUT2D eigenvalue weighted by Gasteiger charge is -2.18. The average Bonchev–Trinajstić information content (AvgIpc) is 3.29. The van der Waals surface area contributed by atoms with E-state index in [2.05, 4.69) is 118 Å². The van der Waals surface area contributed by atoms with Crippen molar-refractivity contribution in [3.8, 4) is 0 Å². The molecule has 0 aromatic rings. The van der Waals surface area contributed by atoms with Crippen molar-refractivity contribution in [3.63, 3.8) is 0 Å². The maximum absolute atomic E-state index is 12.8. The first-order valence-corrected chi connectivity index (χ1v) is 26.2. The van der Waals surface area contributed by atoms with Crippen LogP contribution in [-0.4, -0.2) is 37.2 Å². The molecule has 0 bridgehead atoms. The summed E-state index contributed by atoms with van der Waals surface area (Å²) in [5.74, 6) is -1.02. The van der Waals surface area contributed by atoms with Crippen molar-refractivity contribution in [1.82, 2.24) is 0 Å². The molecule has 0 radical (unpaired) electrons. The Morgan fingerprint density at radius 2 is 0.625 bits per heavy atom. The molecule has 6 nitrogen and oxygen atoms in total. The zero-order valence-corrected chi connectivity index (χ0v) is 41.5. The van der Waals surface area contributed by atoms with Gasteiger partial charge in [0.1, 0.15) is 13.2 Å². The Hall–Kier alpha value is -3.67. The molecular weight excluding hydrogens is 793 g/mol. The van der Waals surface area contributed by atoms with Gasteiger partial charge in [-0.2, -0.15) is 0 Å². The number of unbranched alkanes of at least 4 members (excludes halogenated alkanes) is 19. The SMILES string of the molecule is CC/C=C\C/C=C\C/C=C\C/C=C\CCCCCC(=O)OC(COC(=O)CCC/C=C\C/C=C\C/C=C\CCCCCCCC)COC(=O)CCCCC/C=C\CCCCCCCC. The molecule has 0 aliphatic rings. The van der Waals surface area contributed by atoms with Gasteiger partial charge in [-0.05, 0) is 116 Å². The van der Waals surface area contributed by atoms with Crippen LogP contribution in [0, 0.1) is 0 Å². The van der Waals surface area contributed by atoms with E-state index in [4.69, 9.17) is 14.2 Å². The molecule has 0 aliphatic carbocycles. The number of ether oxygens (including phenoxy) is 3. The van der Waals surface area contributed by atoms with Crippen LogP contribution < -0.4 is 0 Å². The quantitative estimate of drug-likeness (QED) is 0.0262. The summed E-state index contributed by atoms with van der Waals surface area (Å²) in [7, 11) is 0. The third-order valence-electron chi connectivity index (χ3n) is 10.8. The van der Waals surface area contributed by atoms with Gasteiger partial charge in [0.2, 0.25) is 0 Å². The van der Waals surface area contributed by atoms with E-state index in [1.54, 1.807) is 0 Å². The molecule has 0 spiro atoms. The molecule has 0 rings (SSSR count). The normalized spacial score (nSPS) is 12.9. The molecule has 0 saturated heterocycles. The van der Waals surface area contributed by atoms with Crippen molar-refractivity contribution in [1.29, 1.82) is 0 Å². The number of hydrogen-bond donors (Lipinski definition) is 0. The number of carbonyl (C=O) groups is 3. The molecule has 0 fully saturated rings. The number of allylic oxidation sites excluding steroid dienone is 16. The molecule has 364 valence electrons. The summed E-state index contributed by atoms with van der Waals surface area (Å²) in [5, 5.41) is 0. The van der Waals surface area contributed by atoms with Gasteiger partial charge in [-0.3, -0.25) is 14.4 Å². The van der Waals surface area contributed by atoms with E-state index in [0.29, 0.717) is 19.3 Å². The topological polar surface area (TPSA) is 78.9 Å². The third kappa shape index (κ3) is 49.3. The maximum Gasteiger partial charge on any atom is 0.306 e. The van der Waals surface area contributed by atoms with E-state index >= 15 is 0 Å². The van der Waals surface area contributed by atoms with Gasteiger partial charge in [-0.15, -0.1) is 0 Å². The Balaban J connectivity index is 4.55. The summed E-state index contributed by atoms with van der Waals surface area (Å²) >= 11 is 0. The Kier molecular flexibility index (Phi) is 49.0. The molecule has 1 atom stereocenters. The largest absolute Gasteiger partial charge is 0.462 e. The highest BCUT2D eigenvalue weighted by molar-refractivity contribution is 5.71. The molecule has 0 saturated carbocycles. The number of esters is 3. The van der Waals surface area contributed by atoms with Crippen molar-refractivity contribution in [2.45, 2.75) is 239 Å². The van der Waals surface area contributed by atoms with Gasteiger partial charge in [0.05, 0.1) is 0 Å². The highest BCUT2D eigenvalue weighted by Gasteiger charge is 2.19. The lowest BCUT2D eigenvalue weighted by molar-refractivity contribution is -0.167. The van der Waals surface area contributed by atoms with Gasteiger partial charge in [-0.25, -0.2) is 0 Å². The minimum Gasteiger partial charge on any atom is -0.462 e. The summed E-state index contributed by atoms with van der Waals surface area (Å²) in [4.78, 5) is 38.0. The molecule has 1 unspecified atom stereocenters. The van der Waals surface area contributed by atoms with Crippen LogP contribution in [0.2, 0.25) is 0 Å². The van der Waals surface area contributed by atoms with Gasteiger partial charge in [-0.1, -0.05) is 195 Å². The van der Waals surface area contributed by atoms with E-state index in [1.807, 2.05) is 0 Å². The first-order valence-electron chi connectivity index (χ1n) is 26.2. The molecule has 0 N–H and O–H groups in total. The zero-order valence-electron chi connectivity index (χ0n) is 41.5. The first-order chi connectivity index (χ1) is 31.5. The van der Waals surface area contributed by atoms with Crippen LogP contribution in [0.3, 0.4) is 0 Å². The van der Waals surface area contributed by atoms with E-state index < -0.39 is 6.10 Å². The Bertz CT molecular complexity index is 1300. The van der Waals surface area contributed by atoms with Crippen LogP contribution in [0.1, 0.15) is 233 Å². The minimum atomic E-state index is -0.821. The van der Waals surface area contributed by atoms with Crippen LogP contribution in [0.4, 0.5) is 0 Å². The second-order valence-corrected chi connectivity index (χ2v) is 17.0. The molecule has 6 heteroatoms. The molecule has 0 aliphatic heterocycles. The Morgan fingerprint density at radius 3 is 1.03 bits per heavy atom. The van der Waals surface area contributed by atoms with Crippen LogP contribution in [0.15, 0.2) is 97.2 Å². The lowest BCUT2D eigenvalue weighted by Crippen LogP contribution is -2.30. The Labute approximate surface area is 394 Å². The minimum absolute atomic E-state index is 0.115. The number of rotatable bonds is 46. The van der Waals surface area contributed by atoms with Gasteiger partial charge in [0.15, 0.2) is 6.10 Å². The molecule has 0 aromatic heterocycles. The van der Waals surface area contributed by atoms with E-state index in [0.717, 1.165) is 96.3 Å². The predicted molar refractivity (Wildman–Crippen MR) is 274 cm³/mol. The van der Waals surface area contributed by atoms with E-state index in [9.17, 15) is 14.4 Å². The number of hydrogen-bond acceptors (Lipinski definition) is 6. The van der Waals surface area contributed by atoms with Gasteiger partial charge in [0.25, 0.3) is 0 Å². The van der Waals surface area contributed by atoms with Crippen LogP contribution in [0.5, 0.6) is 0 Å². The monoisotopic (exact) mass is 889 g/mol. The van der Waals surface area contributed by atoms with Crippen molar-refractivity contribution in [3.05, 3.63) is 97.2 Å². The van der Waals surface area contributed by atoms with Gasteiger partial charge in [0, 0.05) is 19.3 Å². The van der Waals surface area contributed by atoms with Crippen LogP contribution in [0.25, 0.3) is 0 Å². The van der Waals surface area contributed by atoms with E-state index in [1.165, 1.54) is 83.5 Å². The fourth-order valence-corrected chi connectivity index (χ4v) is 6.85. The highest BCUT2D eigenvalue weighted by Crippen LogP contribution is 2.12. The van der Waals surface area contributed by atoms with Crippen molar-refractivity contribution in [2.75, 3.05) is 13.2 Å². The lowest BCUT2D eigenvalue weighted by atomic mass is 10.1. The maximum atomic E-state index is 12.8. The zero-order chi connectivity index (χ0) is 46.5. The Morgan fingerprint density at radius 1 is 0.328 bits per heavy atom. The molecule has 0 aromatic carbocycles. The first kappa shape index (κ1) is 60.3. The van der Waals surface area contributed by atoms with Crippen molar-refractivity contribution < 1.29 is 28.6 Å². The number of carbonyl (C=O) groups excluding carboxylic acids is 3. The summed E-state index contributed by atoms with van der Waals surface area (Å²) < 4.78 is 16.7. The molecular formula is C58H96O6. The highest BCUT2D eigenvalue weighted by atomic mass is 16.6. The molecule has 0 heterocycles.